The van der Waals surface area contributed by atoms with Crippen LogP contribution >= 0.6 is 0 Å². The molecule has 0 aliphatic heterocycles. The first kappa shape index (κ1) is 22.1. The standard InChI is InChI=1S/C19H19N5O6S/c1-13-11-18(23(21-13)15-7-9-16(10-8-15)24(26)27)20-19(25)14-5-4-6-17(12-14)31(28,29)22(2)30-3/h4-12H,1-3H3,(H,20,25). The third kappa shape index (κ3) is 4.60. The van der Waals surface area contributed by atoms with E-state index in [9.17, 15) is 23.3 Å². The van der Waals surface area contributed by atoms with Crippen molar-refractivity contribution in [2.45, 2.75) is 11.8 Å². The van der Waals surface area contributed by atoms with Crippen LogP contribution in [-0.4, -0.2) is 47.7 Å². The van der Waals surface area contributed by atoms with Crippen LogP contribution in [0.4, 0.5) is 11.5 Å². The molecule has 0 spiro atoms. The summed E-state index contributed by atoms with van der Waals surface area (Å²) in [6.07, 6.45) is 0. The highest BCUT2D eigenvalue weighted by Crippen LogP contribution is 2.22. The van der Waals surface area contributed by atoms with E-state index in [1.807, 2.05) is 0 Å². The Labute approximate surface area is 178 Å². The van der Waals surface area contributed by atoms with Gasteiger partial charge in [0.25, 0.3) is 21.6 Å². The first-order chi connectivity index (χ1) is 14.6. The van der Waals surface area contributed by atoms with Crippen LogP contribution in [-0.2, 0) is 14.9 Å². The summed E-state index contributed by atoms with van der Waals surface area (Å²) in [6, 6.07) is 12.8. The van der Waals surface area contributed by atoms with E-state index in [0.29, 0.717) is 21.7 Å². The molecule has 162 valence electrons. The highest BCUT2D eigenvalue weighted by molar-refractivity contribution is 7.89. The number of benzene rings is 2. The minimum atomic E-state index is -3.92. The quantitative estimate of drug-likeness (QED) is 0.436. The normalized spacial score (nSPS) is 11.5. The minimum absolute atomic E-state index is 0.0720. The maximum atomic E-state index is 12.8. The lowest BCUT2D eigenvalue weighted by Crippen LogP contribution is -2.26. The molecule has 0 aliphatic rings. The van der Waals surface area contributed by atoms with Gasteiger partial charge in [-0.2, -0.15) is 5.10 Å². The molecule has 1 aromatic heterocycles. The van der Waals surface area contributed by atoms with Gasteiger partial charge in [0, 0.05) is 30.8 Å². The Morgan fingerprint density at radius 2 is 1.87 bits per heavy atom. The fourth-order valence-corrected chi connectivity index (χ4v) is 3.75. The van der Waals surface area contributed by atoms with Crippen molar-refractivity contribution in [1.29, 1.82) is 0 Å². The van der Waals surface area contributed by atoms with E-state index >= 15 is 0 Å². The molecule has 3 aromatic rings. The highest BCUT2D eigenvalue weighted by Gasteiger charge is 2.22. The third-order valence-electron chi connectivity index (χ3n) is 4.37. The van der Waals surface area contributed by atoms with Gasteiger partial charge in [-0.15, -0.1) is 0 Å². The molecule has 11 nitrogen and oxygen atoms in total. The molecule has 0 radical (unpaired) electrons. The maximum absolute atomic E-state index is 12.8. The number of carbonyl (C=O) groups excluding carboxylic acids is 1. The number of nitro benzene ring substituents is 1. The lowest BCUT2D eigenvalue weighted by atomic mass is 10.2. The van der Waals surface area contributed by atoms with Crippen LogP contribution < -0.4 is 5.32 Å². The third-order valence-corrected chi connectivity index (χ3v) is 6.04. The summed E-state index contributed by atoms with van der Waals surface area (Å²) in [4.78, 5) is 27.8. The van der Waals surface area contributed by atoms with E-state index in [1.54, 1.807) is 13.0 Å². The zero-order valence-corrected chi connectivity index (χ0v) is 17.7. The number of amides is 1. The summed E-state index contributed by atoms with van der Waals surface area (Å²) >= 11 is 0. The van der Waals surface area contributed by atoms with Crippen molar-refractivity contribution in [3.63, 3.8) is 0 Å². The van der Waals surface area contributed by atoms with E-state index in [-0.39, 0.29) is 16.1 Å². The summed E-state index contributed by atoms with van der Waals surface area (Å²) in [5.74, 6) is -0.237. The van der Waals surface area contributed by atoms with Crippen LogP contribution in [0.2, 0.25) is 0 Å². The highest BCUT2D eigenvalue weighted by atomic mass is 32.2. The molecular weight excluding hydrogens is 426 g/mol. The van der Waals surface area contributed by atoms with Crippen molar-refractivity contribution >= 4 is 27.4 Å². The summed E-state index contributed by atoms with van der Waals surface area (Å²) in [5.41, 5.74) is 1.15. The molecule has 3 rings (SSSR count). The molecule has 12 heteroatoms. The number of hydroxylamine groups is 1. The molecule has 31 heavy (non-hydrogen) atoms. The average molecular weight is 445 g/mol. The van der Waals surface area contributed by atoms with Crippen LogP contribution in [0.3, 0.4) is 0 Å². The van der Waals surface area contributed by atoms with E-state index in [2.05, 4.69) is 10.4 Å². The molecule has 0 bridgehead atoms. The second-order valence-electron chi connectivity index (χ2n) is 6.44. The zero-order valence-electron chi connectivity index (χ0n) is 16.8. The van der Waals surface area contributed by atoms with Gasteiger partial charge in [-0.25, -0.2) is 13.1 Å². The SMILES string of the molecule is CON(C)S(=O)(=O)c1cccc(C(=O)Nc2cc(C)nn2-c2ccc([N+](=O)[O-])cc2)c1. The molecule has 0 saturated carbocycles. The number of carbonyl (C=O) groups is 1. The van der Waals surface area contributed by atoms with Gasteiger partial charge in [0.05, 0.1) is 28.3 Å². The van der Waals surface area contributed by atoms with Gasteiger partial charge in [-0.3, -0.25) is 19.7 Å². The number of nitrogens with zero attached hydrogens (tertiary/aromatic N) is 4. The number of aryl methyl sites for hydroxylation is 1. The van der Waals surface area contributed by atoms with Gasteiger partial charge in [-0.1, -0.05) is 10.5 Å². The average Bonchev–Trinajstić information content (AvgIpc) is 3.13. The number of rotatable bonds is 7. The topological polar surface area (TPSA) is 137 Å². The summed E-state index contributed by atoms with van der Waals surface area (Å²) in [5, 5.41) is 17.9. The fraction of sp³-hybridized carbons (Fsp3) is 0.158. The molecule has 0 unspecified atom stereocenters. The Kier molecular flexibility index (Phi) is 6.15. The van der Waals surface area contributed by atoms with E-state index in [4.69, 9.17) is 4.84 Å². The first-order valence-electron chi connectivity index (χ1n) is 8.89. The largest absolute Gasteiger partial charge is 0.306 e. The molecule has 1 heterocycles. The summed E-state index contributed by atoms with van der Waals surface area (Å²) in [6.45, 7) is 1.73. The smallest absolute Gasteiger partial charge is 0.269 e. The Morgan fingerprint density at radius 1 is 1.19 bits per heavy atom. The van der Waals surface area contributed by atoms with Crippen LogP contribution in [0.1, 0.15) is 16.1 Å². The monoisotopic (exact) mass is 445 g/mol. The number of hydrogen-bond acceptors (Lipinski definition) is 7. The Bertz CT molecular complexity index is 1240. The minimum Gasteiger partial charge on any atom is -0.306 e. The van der Waals surface area contributed by atoms with Gasteiger partial charge in [0.2, 0.25) is 0 Å². The van der Waals surface area contributed by atoms with Crippen molar-refractivity contribution in [3.8, 4) is 5.69 Å². The molecule has 1 amide bonds. The number of hydrogen-bond donors (Lipinski definition) is 1. The number of aromatic nitrogens is 2. The molecule has 2 aromatic carbocycles. The second-order valence-corrected chi connectivity index (χ2v) is 8.37. The number of sulfonamides is 1. The van der Waals surface area contributed by atoms with E-state index < -0.39 is 20.9 Å². The van der Waals surface area contributed by atoms with E-state index in [0.717, 1.165) is 0 Å². The first-order valence-corrected chi connectivity index (χ1v) is 10.3. The fourth-order valence-electron chi connectivity index (χ4n) is 2.73. The summed E-state index contributed by atoms with van der Waals surface area (Å²) < 4.78 is 27.0. The van der Waals surface area contributed by atoms with Gasteiger partial charge < -0.3 is 5.32 Å². The Balaban J connectivity index is 1.90. The molecule has 0 fully saturated rings. The van der Waals surface area contributed by atoms with Crippen molar-refractivity contribution in [2.75, 3.05) is 19.5 Å². The van der Waals surface area contributed by atoms with Gasteiger partial charge in [0.15, 0.2) is 0 Å². The van der Waals surface area contributed by atoms with Crippen LogP contribution in [0, 0.1) is 17.0 Å². The van der Waals surface area contributed by atoms with Crippen molar-refractivity contribution in [2.24, 2.45) is 0 Å². The number of non-ortho nitro benzene ring substituents is 1. The van der Waals surface area contributed by atoms with Crippen LogP contribution in [0.5, 0.6) is 0 Å². The van der Waals surface area contributed by atoms with Crippen molar-refractivity contribution < 1.29 is 23.0 Å². The maximum Gasteiger partial charge on any atom is 0.269 e. The second kappa shape index (κ2) is 8.63. The number of nitro groups is 1. The summed E-state index contributed by atoms with van der Waals surface area (Å²) in [7, 11) is -1.46. The van der Waals surface area contributed by atoms with Gasteiger partial charge in [-0.05, 0) is 37.3 Å². The number of nitrogens with one attached hydrogen (secondary N) is 1. The van der Waals surface area contributed by atoms with E-state index in [1.165, 1.54) is 67.4 Å². The van der Waals surface area contributed by atoms with Gasteiger partial charge >= 0.3 is 0 Å². The molecule has 0 aliphatic carbocycles. The Morgan fingerprint density at radius 3 is 2.48 bits per heavy atom. The predicted octanol–water partition coefficient (Wildman–Crippen LogP) is 2.52. The predicted molar refractivity (Wildman–Crippen MR) is 111 cm³/mol. The number of anilines is 1. The van der Waals surface area contributed by atoms with Gasteiger partial charge in [0.1, 0.15) is 5.82 Å². The molecule has 0 atom stereocenters. The van der Waals surface area contributed by atoms with Crippen molar-refractivity contribution in [3.05, 3.63) is 76.0 Å². The Hall–Kier alpha value is -3.61. The molecule has 1 N–H and O–H groups in total. The van der Waals surface area contributed by atoms with Crippen LogP contribution in [0.15, 0.2) is 59.5 Å². The van der Waals surface area contributed by atoms with Crippen molar-refractivity contribution in [1.82, 2.24) is 14.2 Å². The molecular formula is C19H19N5O6S. The molecule has 0 saturated heterocycles. The lowest BCUT2D eigenvalue weighted by molar-refractivity contribution is -0.384. The zero-order chi connectivity index (χ0) is 22.8. The lowest BCUT2D eigenvalue weighted by Gasteiger charge is -2.14. The van der Waals surface area contributed by atoms with Crippen LogP contribution in [0.25, 0.3) is 5.69 Å².